The molecule has 0 aliphatic rings. The molecule has 5 heteroatoms. The highest BCUT2D eigenvalue weighted by molar-refractivity contribution is 6.21. The van der Waals surface area contributed by atoms with E-state index in [9.17, 15) is 0 Å². The molecular formula is C65H38N4O. The van der Waals surface area contributed by atoms with E-state index in [4.69, 9.17) is 19.4 Å². The first-order valence-corrected chi connectivity index (χ1v) is 23.7. The predicted octanol–water partition coefficient (Wildman–Crippen LogP) is 17.3. The number of furan rings is 1. The normalized spacial score (nSPS) is 12.0. The van der Waals surface area contributed by atoms with E-state index in [0.29, 0.717) is 23.1 Å². The fourth-order valence-electron chi connectivity index (χ4n) is 11.0. The van der Waals surface area contributed by atoms with Crippen molar-refractivity contribution in [3.05, 3.63) is 231 Å². The Morgan fingerprint density at radius 1 is 0.300 bits per heavy atom. The van der Waals surface area contributed by atoms with Crippen LogP contribution in [0.15, 0.2) is 235 Å². The number of hydrogen-bond donors (Lipinski definition) is 0. The molecule has 0 N–H and O–H groups in total. The molecule has 0 aliphatic carbocycles. The first-order chi connectivity index (χ1) is 34.7. The Balaban J connectivity index is 1.05. The number of fused-ring (bicyclic) bond motifs is 12. The molecule has 0 amide bonds. The van der Waals surface area contributed by atoms with Crippen LogP contribution in [0.2, 0.25) is 0 Å². The van der Waals surface area contributed by atoms with Crippen LogP contribution in [0.5, 0.6) is 0 Å². The lowest BCUT2D eigenvalue weighted by Crippen LogP contribution is -2.02. The van der Waals surface area contributed by atoms with Gasteiger partial charge in [0.05, 0.1) is 27.7 Å². The lowest BCUT2D eigenvalue weighted by atomic mass is 9.96. The monoisotopic (exact) mass is 890 g/mol. The average molecular weight is 891 g/mol. The van der Waals surface area contributed by atoms with E-state index in [1.807, 2.05) is 6.07 Å². The van der Waals surface area contributed by atoms with Crippen LogP contribution in [0.25, 0.3) is 149 Å². The highest BCUT2D eigenvalue weighted by atomic mass is 16.3. The van der Waals surface area contributed by atoms with Crippen LogP contribution < -0.4 is 0 Å². The van der Waals surface area contributed by atoms with Crippen molar-refractivity contribution >= 4 is 97.6 Å². The molecule has 15 aromatic rings. The van der Waals surface area contributed by atoms with E-state index < -0.39 is 0 Å². The quantitative estimate of drug-likeness (QED) is 0.162. The molecule has 0 atom stereocenters. The van der Waals surface area contributed by atoms with E-state index in [0.717, 1.165) is 87.8 Å². The van der Waals surface area contributed by atoms with E-state index in [-0.39, 0.29) is 0 Å². The first kappa shape index (κ1) is 38.6. The van der Waals surface area contributed by atoms with Crippen LogP contribution in [-0.2, 0) is 0 Å². The highest BCUT2D eigenvalue weighted by Gasteiger charge is 2.25. The zero-order chi connectivity index (χ0) is 45.9. The van der Waals surface area contributed by atoms with Gasteiger partial charge in [-0.15, -0.1) is 0 Å². The minimum absolute atomic E-state index is 0.529. The van der Waals surface area contributed by atoms with Crippen molar-refractivity contribution in [3.63, 3.8) is 0 Å². The van der Waals surface area contributed by atoms with Gasteiger partial charge in [-0.05, 0) is 126 Å². The molecule has 0 spiro atoms. The number of benzene rings is 12. The van der Waals surface area contributed by atoms with E-state index in [2.05, 4.69) is 229 Å². The Morgan fingerprint density at radius 2 is 0.800 bits per heavy atom. The molecule has 0 aliphatic heterocycles. The molecule has 3 aromatic heterocycles. The second kappa shape index (κ2) is 15.0. The van der Waals surface area contributed by atoms with Gasteiger partial charge >= 0.3 is 0 Å². The zero-order valence-corrected chi connectivity index (χ0v) is 37.6. The van der Waals surface area contributed by atoms with Crippen LogP contribution in [-0.4, -0.2) is 19.5 Å². The van der Waals surface area contributed by atoms with E-state index in [1.165, 1.54) is 37.7 Å². The molecule has 0 saturated heterocycles. The Kier molecular flexibility index (Phi) is 8.29. The minimum atomic E-state index is 0.529. The predicted molar refractivity (Wildman–Crippen MR) is 291 cm³/mol. The minimum Gasteiger partial charge on any atom is -0.455 e. The van der Waals surface area contributed by atoms with Crippen molar-refractivity contribution < 1.29 is 4.42 Å². The second-order valence-corrected chi connectivity index (χ2v) is 18.3. The van der Waals surface area contributed by atoms with Crippen LogP contribution >= 0.6 is 0 Å². The molecule has 15 rings (SSSR count). The zero-order valence-electron chi connectivity index (χ0n) is 37.6. The number of aromatic nitrogens is 4. The third-order valence-corrected chi connectivity index (χ3v) is 14.3. The lowest BCUT2D eigenvalue weighted by molar-refractivity contribution is 0.670. The molecule has 324 valence electrons. The molecule has 3 heterocycles. The third kappa shape index (κ3) is 5.95. The summed E-state index contributed by atoms with van der Waals surface area (Å²) >= 11 is 0. The summed E-state index contributed by atoms with van der Waals surface area (Å²) < 4.78 is 9.68. The molecule has 0 fully saturated rings. The van der Waals surface area contributed by atoms with Crippen molar-refractivity contribution in [2.45, 2.75) is 0 Å². The molecule has 12 aromatic carbocycles. The summed E-state index contributed by atoms with van der Waals surface area (Å²) in [5.74, 6) is 1.70. The van der Waals surface area contributed by atoms with Crippen LogP contribution in [0, 0.1) is 0 Å². The highest BCUT2D eigenvalue weighted by Crippen LogP contribution is 2.45. The van der Waals surface area contributed by atoms with Crippen molar-refractivity contribution in [2.24, 2.45) is 0 Å². The molecular weight excluding hydrogens is 853 g/mol. The van der Waals surface area contributed by atoms with Crippen molar-refractivity contribution in [3.8, 4) is 51.0 Å². The molecule has 70 heavy (non-hydrogen) atoms. The van der Waals surface area contributed by atoms with E-state index >= 15 is 0 Å². The van der Waals surface area contributed by atoms with Gasteiger partial charge in [0.2, 0.25) is 0 Å². The first-order valence-electron chi connectivity index (χ1n) is 23.7. The van der Waals surface area contributed by atoms with Crippen LogP contribution in [0.1, 0.15) is 0 Å². The average Bonchev–Trinajstić information content (AvgIpc) is 3.95. The third-order valence-electron chi connectivity index (χ3n) is 14.3. The second-order valence-electron chi connectivity index (χ2n) is 18.3. The molecule has 0 radical (unpaired) electrons. The van der Waals surface area contributed by atoms with Gasteiger partial charge in [-0.1, -0.05) is 170 Å². The van der Waals surface area contributed by atoms with Gasteiger partial charge < -0.3 is 8.98 Å². The van der Waals surface area contributed by atoms with Gasteiger partial charge in [0, 0.05) is 27.3 Å². The van der Waals surface area contributed by atoms with E-state index in [1.54, 1.807) is 0 Å². The number of nitrogens with zero attached hydrogens (tertiary/aromatic N) is 4. The van der Waals surface area contributed by atoms with Crippen molar-refractivity contribution in [2.75, 3.05) is 0 Å². The van der Waals surface area contributed by atoms with Gasteiger partial charge in [-0.25, -0.2) is 15.0 Å². The maximum Gasteiger partial charge on any atom is 0.167 e. The standard InChI is InChI=1S/C65H38N4O/c1-2-15-39(16-3-1)40-24-14-25-48(31-40)63-66-64(68-65(67-63)55-35-47-23-10-11-26-49(47)50-27-12-13-28-51(50)55)52-29-30-57(61-56-34-43-19-6-9-22-46(43)38-60(56)70-62(52)61)69-58-36-44-20-7-4-17-41(44)32-53(58)54-33-42-18-5-8-21-45(42)37-59(54)69/h1-38H. The van der Waals surface area contributed by atoms with Crippen molar-refractivity contribution in [1.82, 2.24) is 19.5 Å². The number of rotatable bonds is 5. The fourth-order valence-corrected chi connectivity index (χ4v) is 11.0. The Bertz CT molecular complexity index is 4570. The van der Waals surface area contributed by atoms with Crippen LogP contribution in [0.3, 0.4) is 0 Å². The van der Waals surface area contributed by atoms with Gasteiger partial charge in [0.1, 0.15) is 11.2 Å². The van der Waals surface area contributed by atoms with Gasteiger partial charge in [0.15, 0.2) is 17.5 Å². The number of hydrogen-bond acceptors (Lipinski definition) is 4. The molecule has 0 unspecified atom stereocenters. The fraction of sp³-hybridized carbons (Fsp3) is 0. The summed E-state index contributed by atoms with van der Waals surface area (Å²) in [6.45, 7) is 0. The maximum absolute atomic E-state index is 7.23. The molecule has 0 bridgehead atoms. The summed E-state index contributed by atoms with van der Waals surface area (Å²) in [5, 5.41) is 16.0. The van der Waals surface area contributed by atoms with Gasteiger partial charge in [-0.2, -0.15) is 0 Å². The van der Waals surface area contributed by atoms with Crippen LogP contribution in [0.4, 0.5) is 0 Å². The smallest absolute Gasteiger partial charge is 0.167 e. The summed E-state index contributed by atoms with van der Waals surface area (Å²) in [7, 11) is 0. The maximum atomic E-state index is 7.23. The molecule has 0 saturated carbocycles. The Hall–Kier alpha value is -9.45. The Morgan fingerprint density at radius 3 is 1.47 bits per heavy atom. The Labute approximate surface area is 401 Å². The summed E-state index contributed by atoms with van der Waals surface area (Å²) in [6.07, 6.45) is 0. The van der Waals surface area contributed by atoms with Gasteiger partial charge in [-0.3, -0.25) is 0 Å². The van der Waals surface area contributed by atoms with Gasteiger partial charge in [0.25, 0.3) is 0 Å². The summed E-state index contributed by atoms with van der Waals surface area (Å²) in [4.78, 5) is 16.3. The van der Waals surface area contributed by atoms with Crippen molar-refractivity contribution in [1.29, 1.82) is 0 Å². The summed E-state index contributed by atoms with van der Waals surface area (Å²) in [6, 6.07) is 82.3. The lowest BCUT2D eigenvalue weighted by Gasteiger charge is -2.14. The largest absolute Gasteiger partial charge is 0.455 e. The molecule has 5 nitrogen and oxygen atoms in total. The SMILES string of the molecule is c1ccc(-c2cccc(-c3nc(-c4cc5ccccc5c5ccccc45)nc(-c4ccc(-n5c6cc7ccccc7cc6c6cc7ccccc7cc65)c5c4oc4cc6ccccc6cc45)n3)c2)cc1. The topological polar surface area (TPSA) is 56.7 Å². The summed E-state index contributed by atoms with van der Waals surface area (Å²) in [5.41, 5.74) is 9.59.